The Morgan fingerprint density at radius 2 is 1.83 bits per heavy atom. The van der Waals surface area contributed by atoms with Crippen LogP contribution in [-0.2, 0) is 19.3 Å². The quantitative estimate of drug-likeness (QED) is 0.722. The number of hydrogen-bond donors (Lipinski definition) is 0. The average molecular weight is 323 g/mol. The lowest BCUT2D eigenvalue weighted by Crippen LogP contribution is -2.14. The predicted molar refractivity (Wildman–Crippen MR) is 97.6 cm³/mol. The number of anilines is 1. The fourth-order valence-electron chi connectivity index (χ4n) is 3.36. The van der Waals surface area contributed by atoms with Crippen molar-refractivity contribution in [3.05, 3.63) is 52.2 Å². The molecule has 0 saturated heterocycles. The van der Waals surface area contributed by atoms with Crippen molar-refractivity contribution in [1.29, 1.82) is 0 Å². The molecule has 0 amide bonds. The van der Waals surface area contributed by atoms with Gasteiger partial charge in [-0.15, -0.1) is 11.3 Å². The first-order valence-corrected chi connectivity index (χ1v) is 9.06. The molecule has 0 atom stereocenters. The highest BCUT2D eigenvalue weighted by Gasteiger charge is 2.21. The first-order valence-electron chi connectivity index (χ1n) is 8.25. The summed E-state index contributed by atoms with van der Waals surface area (Å²) in [6.07, 6.45) is 5.77. The van der Waals surface area contributed by atoms with E-state index in [-0.39, 0.29) is 0 Å². The van der Waals surface area contributed by atoms with E-state index < -0.39 is 0 Å². The Bertz CT molecular complexity index is 837. The Balaban J connectivity index is 1.84. The maximum atomic E-state index is 4.90. The van der Waals surface area contributed by atoms with Crippen molar-refractivity contribution < 1.29 is 0 Å². The normalized spacial score (nSPS) is 14.0. The van der Waals surface area contributed by atoms with Gasteiger partial charge in [0.1, 0.15) is 16.5 Å². The first kappa shape index (κ1) is 14.6. The number of thiophene rings is 1. The van der Waals surface area contributed by atoms with Crippen molar-refractivity contribution in [2.75, 3.05) is 19.0 Å². The second kappa shape index (κ2) is 5.93. The molecule has 2 aromatic heterocycles. The molecular weight excluding hydrogens is 302 g/mol. The lowest BCUT2D eigenvalue weighted by Gasteiger charge is -2.16. The van der Waals surface area contributed by atoms with Crippen molar-refractivity contribution in [1.82, 2.24) is 9.97 Å². The lowest BCUT2D eigenvalue weighted by atomic mass is 9.97. The molecule has 1 aliphatic rings. The van der Waals surface area contributed by atoms with Crippen LogP contribution in [0.5, 0.6) is 0 Å². The van der Waals surface area contributed by atoms with Crippen LogP contribution >= 0.6 is 11.3 Å². The second-order valence-electron chi connectivity index (χ2n) is 6.41. The van der Waals surface area contributed by atoms with Gasteiger partial charge in [0, 0.05) is 25.4 Å². The summed E-state index contributed by atoms with van der Waals surface area (Å²) in [6, 6.07) is 10.5. The number of benzene rings is 1. The van der Waals surface area contributed by atoms with Gasteiger partial charge in [0.05, 0.1) is 5.39 Å². The average Bonchev–Trinajstić information content (AvgIpc) is 2.93. The summed E-state index contributed by atoms with van der Waals surface area (Å²) in [5, 5.41) is 1.30. The molecule has 3 nitrogen and oxygen atoms in total. The molecule has 0 spiro atoms. The molecule has 2 heterocycles. The standard InChI is InChI=1S/C19H21N3S/c1-22(2)18-17-14-10-6-7-11-15(14)23-19(17)21-16(20-18)12-13-8-4-3-5-9-13/h3-5,8-9H,6-7,10-12H2,1-2H3. The third-order valence-corrected chi connectivity index (χ3v) is 5.66. The summed E-state index contributed by atoms with van der Waals surface area (Å²) >= 11 is 1.88. The third kappa shape index (κ3) is 2.72. The fraction of sp³-hybridized carbons (Fsp3) is 0.368. The summed E-state index contributed by atoms with van der Waals surface area (Å²) < 4.78 is 0. The largest absolute Gasteiger partial charge is 0.362 e. The zero-order valence-corrected chi connectivity index (χ0v) is 14.5. The van der Waals surface area contributed by atoms with Crippen molar-refractivity contribution in [2.24, 2.45) is 0 Å². The number of rotatable bonds is 3. The van der Waals surface area contributed by atoms with E-state index in [0.29, 0.717) is 0 Å². The Morgan fingerprint density at radius 1 is 1.04 bits per heavy atom. The topological polar surface area (TPSA) is 29.0 Å². The van der Waals surface area contributed by atoms with Gasteiger partial charge in [-0.1, -0.05) is 30.3 Å². The highest BCUT2D eigenvalue weighted by Crippen LogP contribution is 2.39. The van der Waals surface area contributed by atoms with Crippen molar-refractivity contribution in [2.45, 2.75) is 32.1 Å². The van der Waals surface area contributed by atoms with Crippen LogP contribution in [0.15, 0.2) is 30.3 Å². The van der Waals surface area contributed by atoms with Gasteiger partial charge in [0.15, 0.2) is 0 Å². The van der Waals surface area contributed by atoms with Crippen LogP contribution in [0.4, 0.5) is 5.82 Å². The van der Waals surface area contributed by atoms with E-state index in [9.17, 15) is 0 Å². The number of nitrogens with zero attached hydrogens (tertiary/aromatic N) is 3. The molecular formula is C19H21N3S. The first-order chi connectivity index (χ1) is 11.2. The van der Waals surface area contributed by atoms with Crippen molar-refractivity contribution >= 4 is 27.4 Å². The van der Waals surface area contributed by atoms with Gasteiger partial charge in [0.2, 0.25) is 0 Å². The molecule has 3 aromatic rings. The van der Waals surface area contributed by atoms with E-state index in [1.54, 1.807) is 0 Å². The predicted octanol–water partition coefficient (Wildman–Crippen LogP) is 4.23. The molecule has 0 bridgehead atoms. The van der Waals surface area contributed by atoms with Crippen LogP contribution < -0.4 is 4.90 Å². The second-order valence-corrected chi connectivity index (χ2v) is 7.49. The third-order valence-electron chi connectivity index (χ3n) is 4.47. The smallest absolute Gasteiger partial charge is 0.140 e. The van der Waals surface area contributed by atoms with Gasteiger partial charge in [-0.2, -0.15) is 0 Å². The SMILES string of the molecule is CN(C)c1nc(Cc2ccccc2)nc2sc3c(c12)CCCC3. The van der Waals surface area contributed by atoms with Gasteiger partial charge in [-0.25, -0.2) is 9.97 Å². The molecule has 1 aromatic carbocycles. The number of aryl methyl sites for hydroxylation is 2. The summed E-state index contributed by atoms with van der Waals surface area (Å²) in [4.78, 5) is 14.6. The summed E-state index contributed by atoms with van der Waals surface area (Å²) in [6.45, 7) is 0. The molecule has 0 aliphatic heterocycles. The molecule has 0 unspecified atom stereocenters. The van der Waals surface area contributed by atoms with E-state index in [2.05, 4.69) is 43.3 Å². The maximum Gasteiger partial charge on any atom is 0.140 e. The molecule has 23 heavy (non-hydrogen) atoms. The van der Waals surface area contributed by atoms with E-state index in [1.807, 2.05) is 17.4 Å². The Hall–Kier alpha value is -1.94. The van der Waals surface area contributed by atoms with Gasteiger partial charge in [0.25, 0.3) is 0 Å². The van der Waals surface area contributed by atoms with Crippen LogP contribution in [0.2, 0.25) is 0 Å². The van der Waals surface area contributed by atoms with Crippen molar-refractivity contribution in [3.63, 3.8) is 0 Å². The van der Waals surface area contributed by atoms with E-state index in [0.717, 1.165) is 18.1 Å². The van der Waals surface area contributed by atoms with Crippen molar-refractivity contribution in [3.8, 4) is 0 Å². The summed E-state index contributed by atoms with van der Waals surface area (Å²) in [5.41, 5.74) is 2.77. The molecule has 0 fully saturated rings. The monoisotopic (exact) mass is 323 g/mol. The zero-order valence-electron chi connectivity index (χ0n) is 13.7. The highest BCUT2D eigenvalue weighted by atomic mass is 32.1. The van der Waals surface area contributed by atoms with Crippen LogP contribution in [0, 0.1) is 0 Å². The van der Waals surface area contributed by atoms with Crippen LogP contribution in [0.3, 0.4) is 0 Å². The van der Waals surface area contributed by atoms with Crippen LogP contribution in [0.25, 0.3) is 10.2 Å². The van der Waals surface area contributed by atoms with E-state index in [4.69, 9.17) is 9.97 Å². The minimum Gasteiger partial charge on any atom is -0.362 e. The molecule has 4 rings (SSSR count). The molecule has 0 radical (unpaired) electrons. The van der Waals surface area contributed by atoms with Gasteiger partial charge < -0.3 is 4.90 Å². The van der Waals surface area contributed by atoms with Gasteiger partial charge in [-0.3, -0.25) is 0 Å². The molecule has 4 heteroatoms. The minimum absolute atomic E-state index is 0.792. The zero-order chi connectivity index (χ0) is 15.8. The minimum atomic E-state index is 0.792. The number of fused-ring (bicyclic) bond motifs is 3. The molecule has 118 valence electrons. The summed E-state index contributed by atoms with van der Waals surface area (Å²) in [7, 11) is 4.17. The van der Waals surface area contributed by atoms with Gasteiger partial charge >= 0.3 is 0 Å². The Kier molecular flexibility index (Phi) is 3.77. The number of aromatic nitrogens is 2. The maximum absolute atomic E-state index is 4.90. The van der Waals surface area contributed by atoms with Gasteiger partial charge in [-0.05, 0) is 36.8 Å². The number of hydrogen-bond acceptors (Lipinski definition) is 4. The fourth-order valence-corrected chi connectivity index (χ4v) is 4.64. The van der Waals surface area contributed by atoms with E-state index >= 15 is 0 Å². The lowest BCUT2D eigenvalue weighted by molar-refractivity contribution is 0.700. The Labute approximate surface area is 141 Å². The summed E-state index contributed by atoms with van der Waals surface area (Å²) in [5.74, 6) is 2.01. The molecule has 1 aliphatic carbocycles. The Morgan fingerprint density at radius 3 is 2.61 bits per heavy atom. The highest BCUT2D eigenvalue weighted by molar-refractivity contribution is 7.19. The molecule has 0 saturated carbocycles. The van der Waals surface area contributed by atoms with Crippen LogP contribution in [-0.4, -0.2) is 24.1 Å². The van der Waals surface area contributed by atoms with E-state index in [1.165, 1.54) is 51.9 Å². The molecule has 0 N–H and O–H groups in total. The van der Waals surface area contributed by atoms with Crippen LogP contribution in [0.1, 0.15) is 34.7 Å².